The number of rotatable bonds is 1. The fourth-order valence-electron chi connectivity index (χ4n) is 1.68. The van der Waals surface area contributed by atoms with Crippen LogP contribution >= 0.6 is 0 Å². The highest BCUT2D eigenvalue weighted by Gasteiger charge is 2.22. The monoisotopic (exact) mass is 177 g/mol. The number of benzene rings is 1. The predicted octanol–water partition coefficient (Wildman–Crippen LogP) is 2.00. The molecule has 1 N–H and O–H groups in total. The smallest absolute Gasteiger partial charge is 0.106 e. The van der Waals surface area contributed by atoms with Gasteiger partial charge in [-0.15, -0.1) is 0 Å². The fraction of sp³-hybridized carbons (Fsp3) is 0.455. The van der Waals surface area contributed by atoms with Crippen LogP contribution in [0.2, 0.25) is 0 Å². The summed E-state index contributed by atoms with van der Waals surface area (Å²) in [7, 11) is 0. The summed E-state index contributed by atoms with van der Waals surface area (Å²) >= 11 is 0. The van der Waals surface area contributed by atoms with Gasteiger partial charge in [-0.1, -0.05) is 29.8 Å². The van der Waals surface area contributed by atoms with Gasteiger partial charge in [0.1, 0.15) is 6.23 Å². The zero-order valence-corrected chi connectivity index (χ0v) is 8.08. The van der Waals surface area contributed by atoms with Gasteiger partial charge in [-0.05, 0) is 19.4 Å². The van der Waals surface area contributed by atoms with Crippen molar-refractivity contribution in [3.8, 4) is 0 Å². The second-order valence-corrected chi connectivity index (χ2v) is 3.59. The van der Waals surface area contributed by atoms with E-state index in [9.17, 15) is 0 Å². The standard InChI is InChI=1S/C11H15NO/c1-8-4-3-5-10(6-8)11-7-12-9(2)13-11/h3-6,9,11-12H,7H2,1-2H3. The highest BCUT2D eigenvalue weighted by Crippen LogP contribution is 2.22. The van der Waals surface area contributed by atoms with Crippen LogP contribution in [-0.2, 0) is 4.74 Å². The summed E-state index contributed by atoms with van der Waals surface area (Å²) in [6.07, 6.45) is 0.417. The van der Waals surface area contributed by atoms with Crippen LogP contribution in [-0.4, -0.2) is 12.8 Å². The van der Waals surface area contributed by atoms with Crippen LogP contribution in [0.15, 0.2) is 24.3 Å². The van der Waals surface area contributed by atoms with Crippen LogP contribution in [0.25, 0.3) is 0 Å². The van der Waals surface area contributed by atoms with Crippen molar-refractivity contribution in [2.24, 2.45) is 0 Å². The lowest BCUT2D eigenvalue weighted by atomic mass is 10.1. The Bertz CT molecular complexity index is 298. The van der Waals surface area contributed by atoms with E-state index < -0.39 is 0 Å². The summed E-state index contributed by atoms with van der Waals surface area (Å²) in [5.74, 6) is 0. The Labute approximate surface area is 78.9 Å². The molecule has 2 rings (SSSR count). The van der Waals surface area contributed by atoms with E-state index in [1.54, 1.807) is 0 Å². The van der Waals surface area contributed by atoms with Crippen LogP contribution in [0.3, 0.4) is 0 Å². The molecule has 1 aromatic carbocycles. The SMILES string of the molecule is Cc1cccc(C2CNC(C)O2)c1. The Balaban J connectivity index is 2.16. The number of aryl methyl sites for hydroxylation is 1. The molecule has 0 aliphatic carbocycles. The molecule has 1 aliphatic rings. The van der Waals surface area contributed by atoms with E-state index in [2.05, 4.69) is 36.5 Å². The zero-order chi connectivity index (χ0) is 9.26. The van der Waals surface area contributed by atoms with Crippen LogP contribution in [0.4, 0.5) is 0 Å². The molecule has 1 aromatic rings. The summed E-state index contributed by atoms with van der Waals surface area (Å²) in [6.45, 7) is 5.07. The highest BCUT2D eigenvalue weighted by atomic mass is 16.5. The minimum absolute atomic E-state index is 0.186. The Hall–Kier alpha value is -0.860. The molecule has 0 aromatic heterocycles. The Morgan fingerprint density at radius 2 is 2.31 bits per heavy atom. The first-order valence-electron chi connectivity index (χ1n) is 4.71. The second-order valence-electron chi connectivity index (χ2n) is 3.59. The molecule has 2 atom stereocenters. The summed E-state index contributed by atoms with van der Waals surface area (Å²) in [5.41, 5.74) is 2.57. The average molecular weight is 177 g/mol. The van der Waals surface area contributed by atoms with Gasteiger partial charge in [-0.3, -0.25) is 5.32 Å². The molecule has 2 nitrogen and oxygen atoms in total. The van der Waals surface area contributed by atoms with Crippen molar-refractivity contribution < 1.29 is 4.74 Å². The van der Waals surface area contributed by atoms with Crippen LogP contribution in [0, 0.1) is 6.92 Å². The first-order chi connectivity index (χ1) is 6.25. The number of ether oxygens (including phenoxy) is 1. The van der Waals surface area contributed by atoms with E-state index >= 15 is 0 Å². The van der Waals surface area contributed by atoms with Crippen molar-refractivity contribution in [3.05, 3.63) is 35.4 Å². The van der Waals surface area contributed by atoms with Gasteiger partial charge in [-0.25, -0.2) is 0 Å². The highest BCUT2D eigenvalue weighted by molar-refractivity contribution is 5.24. The molecule has 0 spiro atoms. The second kappa shape index (κ2) is 3.48. The molecular weight excluding hydrogens is 162 g/mol. The molecule has 1 saturated heterocycles. The largest absolute Gasteiger partial charge is 0.354 e. The van der Waals surface area contributed by atoms with Gasteiger partial charge in [0.15, 0.2) is 0 Å². The topological polar surface area (TPSA) is 21.3 Å². The molecule has 2 unspecified atom stereocenters. The van der Waals surface area contributed by atoms with E-state index in [-0.39, 0.29) is 12.3 Å². The van der Waals surface area contributed by atoms with Crippen molar-refractivity contribution in [1.29, 1.82) is 0 Å². The lowest BCUT2D eigenvalue weighted by molar-refractivity contribution is 0.0529. The third-order valence-electron chi connectivity index (χ3n) is 2.37. The molecule has 0 amide bonds. The molecule has 1 aliphatic heterocycles. The van der Waals surface area contributed by atoms with Gasteiger partial charge in [0.05, 0.1) is 6.10 Å². The maximum atomic E-state index is 5.69. The van der Waals surface area contributed by atoms with Crippen molar-refractivity contribution in [1.82, 2.24) is 5.32 Å². The van der Waals surface area contributed by atoms with E-state index in [4.69, 9.17) is 4.74 Å². The Morgan fingerprint density at radius 3 is 2.92 bits per heavy atom. The van der Waals surface area contributed by atoms with Gasteiger partial charge in [0.2, 0.25) is 0 Å². The average Bonchev–Trinajstić information content (AvgIpc) is 2.52. The van der Waals surface area contributed by atoms with Gasteiger partial charge >= 0.3 is 0 Å². The van der Waals surface area contributed by atoms with Crippen molar-refractivity contribution in [2.45, 2.75) is 26.2 Å². The molecule has 1 heterocycles. The van der Waals surface area contributed by atoms with Crippen molar-refractivity contribution in [2.75, 3.05) is 6.54 Å². The van der Waals surface area contributed by atoms with Crippen LogP contribution < -0.4 is 5.32 Å². The summed E-state index contributed by atoms with van der Waals surface area (Å²) in [6, 6.07) is 8.49. The maximum Gasteiger partial charge on any atom is 0.106 e. The third kappa shape index (κ3) is 1.90. The van der Waals surface area contributed by atoms with Gasteiger partial charge < -0.3 is 4.74 Å². The molecule has 1 fully saturated rings. The molecule has 0 bridgehead atoms. The van der Waals surface area contributed by atoms with Gasteiger partial charge in [0, 0.05) is 6.54 Å². The summed E-state index contributed by atoms with van der Waals surface area (Å²) < 4.78 is 5.69. The summed E-state index contributed by atoms with van der Waals surface area (Å²) in [4.78, 5) is 0. The minimum atomic E-state index is 0.186. The molecule has 0 radical (unpaired) electrons. The zero-order valence-electron chi connectivity index (χ0n) is 8.08. The van der Waals surface area contributed by atoms with E-state index in [0.717, 1.165) is 6.54 Å². The lowest BCUT2D eigenvalue weighted by Crippen LogP contribution is -2.17. The number of hydrogen-bond acceptors (Lipinski definition) is 2. The molecule has 2 heteroatoms. The first kappa shape index (κ1) is 8.73. The lowest BCUT2D eigenvalue weighted by Gasteiger charge is -2.10. The van der Waals surface area contributed by atoms with Crippen LogP contribution in [0.1, 0.15) is 24.2 Å². The number of hydrogen-bond donors (Lipinski definition) is 1. The Kier molecular flexibility index (Phi) is 2.34. The molecule has 70 valence electrons. The Morgan fingerprint density at radius 1 is 1.46 bits per heavy atom. The van der Waals surface area contributed by atoms with Crippen LogP contribution in [0.5, 0.6) is 0 Å². The van der Waals surface area contributed by atoms with Crippen molar-refractivity contribution >= 4 is 0 Å². The minimum Gasteiger partial charge on any atom is -0.354 e. The fourth-order valence-corrected chi connectivity index (χ4v) is 1.68. The normalized spacial score (nSPS) is 27.8. The molecule has 13 heavy (non-hydrogen) atoms. The molecular formula is C11H15NO. The first-order valence-corrected chi connectivity index (χ1v) is 4.71. The van der Waals surface area contributed by atoms with E-state index in [1.165, 1.54) is 11.1 Å². The predicted molar refractivity (Wildman–Crippen MR) is 52.5 cm³/mol. The number of nitrogens with one attached hydrogen (secondary N) is 1. The maximum absolute atomic E-state index is 5.69. The quantitative estimate of drug-likeness (QED) is 0.708. The van der Waals surface area contributed by atoms with Crippen molar-refractivity contribution in [3.63, 3.8) is 0 Å². The molecule has 0 saturated carbocycles. The van der Waals surface area contributed by atoms with Gasteiger partial charge in [0.25, 0.3) is 0 Å². The third-order valence-corrected chi connectivity index (χ3v) is 2.37. The summed E-state index contributed by atoms with van der Waals surface area (Å²) in [5, 5.41) is 3.27. The van der Waals surface area contributed by atoms with Gasteiger partial charge in [-0.2, -0.15) is 0 Å². The van der Waals surface area contributed by atoms with E-state index in [1.807, 2.05) is 6.92 Å². The van der Waals surface area contributed by atoms with E-state index in [0.29, 0.717) is 0 Å².